The molecule has 2 atom stereocenters. The van der Waals surface area contributed by atoms with Crippen LogP contribution in [0.15, 0.2) is 67.0 Å². The van der Waals surface area contributed by atoms with Gasteiger partial charge in [0.25, 0.3) is 0 Å². The van der Waals surface area contributed by atoms with Gasteiger partial charge in [-0.25, -0.2) is 18.8 Å². The van der Waals surface area contributed by atoms with Crippen molar-refractivity contribution in [2.45, 2.75) is 64.1 Å². The average molecular weight is 650 g/mol. The van der Waals surface area contributed by atoms with Crippen molar-refractivity contribution in [3.05, 3.63) is 95.1 Å². The second-order valence-electron chi connectivity index (χ2n) is 10.5. The van der Waals surface area contributed by atoms with E-state index in [0.29, 0.717) is 48.5 Å². The maximum atomic E-state index is 13.3. The van der Waals surface area contributed by atoms with Crippen LogP contribution in [0, 0.1) is 12.7 Å². The molecule has 0 radical (unpaired) electrons. The van der Waals surface area contributed by atoms with Crippen molar-refractivity contribution in [3.8, 4) is 0 Å². The number of benzene rings is 2. The fourth-order valence-corrected chi connectivity index (χ4v) is 4.80. The van der Waals surface area contributed by atoms with E-state index in [4.69, 9.17) is 19.4 Å². The molecule has 1 aliphatic carbocycles. The van der Waals surface area contributed by atoms with Crippen molar-refractivity contribution in [2.75, 3.05) is 18.5 Å². The summed E-state index contributed by atoms with van der Waals surface area (Å²) in [6, 6.07) is 14.5. The van der Waals surface area contributed by atoms with Gasteiger partial charge in [-0.2, -0.15) is 13.2 Å². The molecule has 0 aliphatic heterocycles. The lowest BCUT2D eigenvalue weighted by molar-refractivity contribution is -0.192. The van der Waals surface area contributed by atoms with Gasteiger partial charge in [0.05, 0.1) is 31.0 Å². The van der Waals surface area contributed by atoms with Gasteiger partial charge < -0.3 is 29.9 Å². The number of aromatic carboxylic acids is 1. The molecule has 1 fully saturated rings. The number of aliphatic carboxylic acids is 1. The third-order valence-electron chi connectivity index (χ3n) is 7.06. The number of ether oxygens (including phenoxy) is 2. The molecule has 1 aromatic heterocycles. The van der Waals surface area contributed by atoms with Gasteiger partial charge in [-0.15, -0.1) is 0 Å². The summed E-state index contributed by atoms with van der Waals surface area (Å²) >= 11 is 0. The molecule has 2 amide bonds. The molecule has 0 bridgehead atoms. The minimum absolute atomic E-state index is 0.0133. The molecule has 3 aromatic rings. The standard InChI is InChI=1S/C30H34FN3O5.C2HF3O2/c1-21-5-2-7-23(28(21)29(35)36)20-39-27-9-3-8-26(17-27)38-16-15-34(19-22-6-4-14-32-18-22)30(37)33-25-12-10-24(31)11-13-25;3-2(4,5)1(6)7/h2,4-7,10-14,18,26-27H,3,8-9,15-17,19-20H2,1H3,(H,33,37)(H,35,36);(H,6,7)/t26-,27+;/m0./s1. The molecule has 1 saturated carbocycles. The van der Waals surface area contributed by atoms with E-state index < -0.39 is 18.1 Å². The van der Waals surface area contributed by atoms with Crippen molar-refractivity contribution in [1.29, 1.82) is 0 Å². The first-order valence-corrected chi connectivity index (χ1v) is 14.4. The van der Waals surface area contributed by atoms with Gasteiger partial charge in [0.1, 0.15) is 5.82 Å². The Morgan fingerprint density at radius 3 is 2.28 bits per heavy atom. The Bertz CT molecular complexity index is 1440. The molecule has 1 heterocycles. The van der Waals surface area contributed by atoms with Crippen LogP contribution in [0.2, 0.25) is 0 Å². The Morgan fingerprint density at radius 2 is 1.67 bits per heavy atom. The maximum absolute atomic E-state index is 13.3. The molecule has 46 heavy (non-hydrogen) atoms. The number of amides is 2. The van der Waals surface area contributed by atoms with Gasteiger partial charge in [0.15, 0.2) is 0 Å². The normalized spacial score (nSPS) is 16.1. The Balaban J connectivity index is 0.000000738. The smallest absolute Gasteiger partial charge is 0.478 e. The largest absolute Gasteiger partial charge is 0.490 e. The number of carbonyl (C=O) groups is 3. The van der Waals surface area contributed by atoms with E-state index in [9.17, 15) is 32.3 Å². The van der Waals surface area contributed by atoms with Crippen molar-refractivity contribution in [2.24, 2.45) is 0 Å². The molecule has 0 unspecified atom stereocenters. The first kappa shape index (κ1) is 35.9. The highest BCUT2D eigenvalue weighted by atomic mass is 19.4. The topological polar surface area (TPSA) is 138 Å². The van der Waals surface area contributed by atoms with Crippen molar-refractivity contribution < 1.29 is 51.6 Å². The quantitative estimate of drug-likeness (QED) is 0.202. The number of halogens is 4. The van der Waals surface area contributed by atoms with Crippen LogP contribution < -0.4 is 5.32 Å². The lowest BCUT2D eigenvalue weighted by Crippen LogP contribution is -2.38. The van der Waals surface area contributed by atoms with Crippen molar-refractivity contribution in [3.63, 3.8) is 0 Å². The van der Waals surface area contributed by atoms with E-state index in [0.717, 1.165) is 24.8 Å². The summed E-state index contributed by atoms with van der Waals surface area (Å²) in [6.07, 6.45) is 1.71. The zero-order chi connectivity index (χ0) is 33.7. The van der Waals surface area contributed by atoms with Gasteiger partial charge in [-0.3, -0.25) is 4.98 Å². The molecular weight excluding hydrogens is 614 g/mol. The van der Waals surface area contributed by atoms with Gasteiger partial charge in [0.2, 0.25) is 0 Å². The van der Waals surface area contributed by atoms with Gasteiger partial charge in [-0.1, -0.05) is 24.3 Å². The van der Waals surface area contributed by atoms with Crippen molar-refractivity contribution in [1.82, 2.24) is 9.88 Å². The average Bonchev–Trinajstić information content (AvgIpc) is 3.01. The van der Waals surface area contributed by atoms with Crippen LogP contribution in [-0.4, -0.2) is 69.6 Å². The predicted molar refractivity (Wildman–Crippen MR) is 159 cm³/mol. The highest BCUT2D eigenvalue weighted by Gasteiger charge is 2.38. The van der Waals surface area contributed by atoms with E-state index in [1.807, 2.05) is 18.2 Å². The monoisotopic (exact) mass is 649 g/mol. The number of carboxylic acids is 2. The lowest BCUT2D eigenvalue weighted by atomic mass is 9.94. The summed E-state index contributed by atoms with van der Waals surface area (Å²) in [4.78, 5) is 39.4. The zero-order valence-electron chi connectivity index (χ0n) is 25.0. The summed E-state index contributed by atoms with van der Waals surface area (Å²) in [5.41, 5.74) is 3.07. The Hall–Kier alpha value is -4.56. The Labute approximate surface area is 263 Å². The third kappa shape index (κ3) is 11.7. The number of aryl methyl sites for hydroxylation is 1. The minimum atomic E-state index is -5.08. The molecule has 2 aromatic carbocycles. The number of nitrogens with one attached hydrogen (secondary N) is 1. The predicted octanol–water partition coefficient (Wildman–Crippen LogP) is 6.44. The van der Waals surface area contributed by atoms with Gasteiger partial charge in [0, 0.05) is 31.2 Å². The highest BCUT2D eigenvalue weighted by Crippen LogP contribution is 2.26. The van der Waals surface area contributed by atoms with E-state index in [1.54, 1.807) is 36.4 Å². The highest BCUT2D eigenvalue weighted by molar-refractivity contribution is 5.91. The maximum Gasteiger partial charge on any atom is 0.490 e. The molecule has 248 valence electrons. The number of aromatic nitrogens is 1. The minimum Gasteiger partial charge on any atom is -0.478 e. The molecule has 0 spiro atoms. The number of nitrogens with zero attached hydrogens (tertiary/aromatic N) is 2. The van der Waals surface area contributed by atoms with Gasteiger partial charge in [-0.05, 0) is 79.6 Å². The van der Waals surface area contributed by atoms with Crippen LogP contribution in [0.5, 0.6) is 0 Å². The number of hydrogen-bond donors (Lipinski definition) is 3. The van der Waals surface area contributed by atoms with Gasteiger partial charge >= 0.3 is 24.1 Å². The van der Waals surface area contributed by atoms with E-state index in [1.165, 1.54) is 24.3 Å². The molecule has 0 saturated heterocycles. The number of hydrogen-bond acceptors (Lipinski definition) is 6. The van der Waals surface area contributed by atoms with Crippen LogP contribution in [0.25, 0.3) is 0 Å². The zero-order valence-corrected chi connectivity index (χ0v) is 25.0. The fourth-order valence-electron chi connectivity index (χ4n) is 4.80. The number of alkyl halides is 3. The van der Waals surface area contributed by atoms with Crippen LogP contribution in [0.3, 0.4) is 0 Å². The molecular formula is C32H35F4N3O7. The van der Waals surface area contributed by atoms with Crippen LogP contribution in [-0.2, 0) is 27.4 Å². The first-order valence-electron chi connectivity index (χ1n) is 14.4. The Morgan fingerprint density at radius 1 is 1.00 bits per heavy atom. The third-order valence-corrected chi connectivity index (χ3v) is 7.06. The van der Waals surface area contributed by atoms with Crippen molar-refractivity contribution >= 4 is 23.7 Å². The Kier molecular flexibility index (Phi) is 13.4. The van der Waals surface area contributed by atoms with Crippen LogP contribution in [0.4, 0.5) is 28.0 Å². The summed E-state index contributed by atoms with van der Waals surface area (Å²) in [7, 11) is 0. The SMILES string of the molecule is Cc1cccc(CO[C@@H]2CCC[C@H](OCCN(Cc3cccnc3)C(=O)Nc3ccc(F)cc3)C2)c1C(=O)O.O=C(O)C(F)(F)F. The number of pyridine rings is 1. The number of urea groups is 1. The lowest BCUT2D eigenvalue weighted by Gasteiger charge is -2.30. The molecule has 4 rings (SSSR count). The summed E-state index contributed by atoms with van der Waals surface area (Å²) < 4.78 is 57.3. The van der Waals surface area contributed by atoms with Crippen LogP contribution >= 0.6 is 0 Å². The second kappa shape index (κ2) is 17.2. The summed E-state index contributed by atoms with van der Waals surface area (Å²) in [5.74, 6) is -4.08. The molecule has 1 aliphatic rings. The summed E-state index contributed by atoms with van der Waals surface area (Å²) in [5, 5.41) is 19.5. The van der Waals surface area contributed by atoms with E-state index in [-0.39, 0.29) is 30.7 Å². The molecule has 3 N–H and O–H groups in total. The second-order valence-corrected chi connectivity index (χ2v) is 10.5. The number of rotatable bonds is 11. The number of anilines is 1. The molecule has 10 nitrogen and oxygen atoms in total. The van der Waals surface area contributed by atoms with E-state index >= 15 is 0 Å². The van der Waals surface area contributed by atoms with Crippen LogP contribution in [0.1, 0.15) is 52.7 Å². The first-order chi connectivity index (χ1) is 21.8. The number of carbonyl (C=O) groups excluding carboxylic acids is 1. The summed E-state index contributed by atoms with van der Waals surface area (Å²) in [6.45, 7) is 3.08. The fraction of sp³-hybridized carbons (Fsp3) is 0.375. The number of carboxylic acid groups (broad SMARTS) is 2. The molecule has 14 heteroatoms. The van der Waals surface area contributed by atoms with E-state index in [2.05, 4.69) is 10.3 Å².